The van der Waals surface area contributed by atoms with Crippen molar-refractivity contribution in [1.82, 2.24) is 15.0 Å². The Balaban J connectivity index is 1.43. The van der Waals surface area contributed by atoms with Crippen LogP contribution in [-0.4, -0.2) is 41.3 Å². The molecule has 0 unspecified atom stereocenters. The molecule has 0 spiro atoms. The molecule has 150 valence electrons. The minimum atomic E-state index is -0.343. The van der Waals surface area contributed by atoms with Crippen molar-refractivity contribution in [3.8, 4) is 17.1 Å². The quantitative estimate of drug-likeness (QED) is 0.711. The Morgan fingerprint density at radius 1 is 1.28 bits per heavy atom. The predicted molar refractivity (Wildman–Crippen MR) is 105 cm³/mol. The molecule has 8 heteroatoms. The summed E-state index contributed by atoms with van der Waals surface area (Å²) in [4.78, 5) is 18.8. The van der Waals surface area contributed by atoms with E-state index in [1.54, 1.807) is 12.0 Å². The molecule has 1 fully saturated rings. The van der Waals surface area contributed by atoms with Crippen LogP contribution in [0.3, 0.4) is 0 Å². The second-order valence-corrected chi connectivity index (χ2v) is 6.91. The molecular weight excluding hydrogens is 375 g/mol. The molecule has 2 aromatic carbocycles. The maximum absolute atomic E-state index is 13.0. The summed E-state index contributed by atoms with van der Waals surface area (Å²) >= 11 is 0. The van der Waals surface area contributed by atoms with Gasteiger partial charge in [-0.25, -0.2) is 9.18 Å². The monoisotopic (exact) mass is 396 g/mol. The molecule has 3 aromatic rings. The Bertz CT molecular complexity index is 990. The molecule has 1 N–H and O–H groups in total. The first-order chi connectivity index (χ1) is 14.1. The van der Waals surface area contributed by atoms with Crippen LogP contribution in [0.4, 0.5) is 14.9 Å². The van der Waals surface area contributed by atoms with Gasteiger partial charge in [0, 0.05) is 24.3 Å². The van der Waals surface area contributed by atoms with Crippen LogP contribution in [0.15, 0.2) is 53.1 Å². The lowest BCUT2D eigenvalue weighted by molar-refractivity contribution is 0.184. The smallest absolute Gasteiger partial charge is 0.321 e. The van der Waals surface area contributed by atoms with Crippen LogP contribution in [0.1, 0.15) is 24.7 Å². The van der Waals surface area contributed by atoms with Crippen LogP contribution >= 0.6 is 0 Å². The predicted octanol–water partition coefficient (Wildman–Crippen LogP) is 4.30. The Hall–Kier alpha value is -3.42. The van der Waals surface area contributed by atoms with Gasteiger partial charge in [-0.05, 0) is 49.2 Å². The molecule has 7 nitrogen and oxygen atoms in total. The van der Waals surface area contributed by atoms with Gasteiger partial charge in [0.15, 0.2) is 0 Å². The highest BCUT2D eigenvalue weighted by Gasteiger charge is 2.29. The number of hydrogen-bond acceptors (Lipinski definition) is 5. The average molecular weight is 396 g/mol. The third kappa shape index (κ3) is 4.37. The van der Waals surface area contributed by atoms with Gasteiger partial charge < -0.3 is 19.5 Å². The van der Waals surface area contributed by atoms with Gasteiger partial charge in [0.25, 0.3) is 0 Å². The Morgan fingerprint density at radius 2 is 2.10 bits per heavy atom. The number of nitrogens with one attached hydrogen (secondary N) is 1. The van der Waals surface area contributed by atoms with E-state index in [0.717, 1.165) is 24.2 Å². The molecule has 29 heavy (non-hydrogen) atoms. The summed E-state index contributed by atoms with van der Waals surface area (Å²) in [5.74, 6) is 1.35. The van der Waals surface area contributed by atoms with Crippen LogP contribution in [-0.2, 0) is 0 Å². The largest absolute Gasteiger partial charge is 0.497 e. The number of carbonyl (C=O) groups is 1. The molecule has 2 heterocycles. The van der Waals surface area contributed by atoms with Gasteiger partial charge in [0.2, 0.25) is 11.7 Å². The zero-order chi connectivity index (χ0) is 20.2. The number of rotatable bonds is 4. The van der Waals surface area contributed by atoms with E-state index in [1.807, 2.05) is 24.3 Å². The zero-order valence-electron chi connectivity index (χ0n) is 16.0. The normalized spacial score (nSPS) is 16.5. The van der Waals surface area contributed by atoms with Crippen LogP contribution in [0.2, 0.25) is 0 Å². The number of benzene rings is 2. The molecule has 0 saturated carbocycles. The molecule has 1 saturated heterocycles. The van der Waals surface area contributed by atoms with Crippen molar-refractivity contribution in [1.29, 1.82) is 0 Å². The van der Waals surface area contributed by atoms with Crippen LogP contribution in [0.25, 0.3) is 11.4 Å². The molecule has 1 aliphatic heterocycles. The van der Waals surface area contributed by atoms with Crippen LogP contribution in [0, 0.1) is 5.82 Å². The highest BCUT2D eigenvalue weighted by Crippen LogP contribution is 2.29. The summed E-state index contributed by atoms with van der Waals surface area (Å²) in [5, 5.41) is 6.88. The molecule has 0 bridgehead atoms. The number of urea groups is 1. The molecule has 1 aromatic heterocycles. The van der Waals surface area contributed by atoms with Crippen molar-refractivity contribution < 1.29 is 18.4 Å². The van der Waals surface area contributed by atoms with Crippen molar-refractivity contribution in [3.05, 3.63) is 60.2 Å². The van der Waals surface area contributed by atoms with E-state index in [1.165, 1.54) is 24.3 Å². The fraction of sp³-hybridized carbons (Fsp3) is 0.286. The molecule has 2 amide bonds. The van der Waals surface area contributed by atoms with E-state index >= 15 is 0 Å². The number of carbonyl (C=O) groups excluding carboxylic acids is 1. The number of aromatic nitrogens is 2. The van der Waals surface area contributed by atoms with Crippen molar-refractivity contribution >= 4 is 11.7 Å². The molecule has 0 aliphatic carbocycles. The first-order valence-electron chi connectivity index (χ1n) is 9.42. The van der Waals surface area contributed by atoms with Crippen molar-refractivity contribution in [3.63, 3.8) is 0 Å². The van der Waals surface area contributed by atoms with Gasteiger partial charge >= 0.3 is 6.03 Å². The first kappa shape index (κ1) is 18.9. The summed E-state index contributed by atoms with van der Waals surface area (Å²) < 4.78 is 23.8. The first-order valence-corrected chi connectivity index (χ1v) is 9.42. The summed E-state index contributed by atoms with van der Waals surface area (Å²) in [6.07, 6.45) is 1.69. The van der Waals surface area contributed by atoms with E-state index in [-0.39, 0.29) is 17.8 Å². The van der Waals surface area contributed by atoms with Gasteiger partial charge in [0.1, 0.15) is 11.6 Å². The molecule has 4 rings (SSSR count). The lowest BCUT2D eigenvalue weighted by Crippen LogP contribution is -2.41. The molecular formula is C21H21FN4O3. The number of anilines is 1. The average Bonchev–Trinajstić information content (AvgIpc) is 3.26. The van der Waals surface area contributed by atoms with Crippen LogP contribution in [0.5, 0.6) is 5.75 Å². The number of hydrogen-bond donors (Lipinski definition) is 1. The topological polar surface area (TPSA) is 80.5 Å². The number of methoxy groups -OCH3 is 1. The summed E-state index contributed by atoms with van der Waals surface area (Å²) in [6.45, 7) is 1.12. The van der Waals surface area contributed by atoms with Crippen molar-refractivity contribution in [2.24, 2.45) is 0 Å². The van der Waals surface area contributed by atoms with E-state index in [4.69, 9.17) is 9.26 Å². The Labute approximate surface area is 167 Å². The fourth-order valence-corrected chi connectivity index (χ4v) is 3.38. The fourth-order valence-electron chi connectivity index (χ4n) is 3.38. The second-order valence-electron chi connectivity index (χ2n) is 6.91. The number of nitrogens with zero attached hydrogens (tertiary/aromatic N) is 3. The number of amides is 2. The number of piperidine rings is 1. The number of likely N-dealkylation sites (tertiary alicyclic amines) is 1. The highest BCUT2D eigenvalue weighted by molar-refractivity contribution is 5.89. The van der Waals surface area contributed by atoms with Crippen molar-refractivity contribution in [2.75, 3.05) is 25.5 Å². The summed E-state index contributed by atoms with van der Waals surface area (Å²) in [7, 11) is 1.61. The Morgan fingerprint density at radius 3 is 2.90 bits per heavy atom. The number of ether oxygens (including phenoxy) is 1. The summed E-state index contributed by atoms with van der Waals surface area (Å²) in [5.41, 5.74) is 1.36. The van der Waals surface area contributed by atoms with E-state index in [2.05, 4.69) is 15.5 Å². The van der Waals surface area contributed by atoms with Gasteiger partial charge in [-0.1, -0.05) is 17.3 Å². The lowest BCUT2D eigenvalue weighted by atomic mass is 9.98. The molecule has 0 radical (unpaired) electrons. The summed E-state index contributed by atoms with van der Waals surface area (Å²) in [6, 6.07) is 12.9. The Kier molecular flexibility index (Phi) is 5.41. The van der Waals surface area contributed by atoms with Gasteiger partial charge in [-0.2, -0.15) is 4.98 Å². The highest BCUT2D eigenvalue weighted by atomic mass is 19.1. The molecule has 1 aliphatic rings. The minimum Gasteiger partial charge on any atom is -0.497 e. The maximum atomic E-state index is 13.0. The number of halogens is 1. The zero-order valence-corrected chi connectivity index (χ0v) is 16.0. The van der Waals surface area contributed by atoms with E-state index in [9.17, 15) is 9.18 Å². The van der Waals surface area contributed by atoms with Gasteiger partial charge in [-0.15, -0.1) is 0 Å². The molecule has 1 atom stereocenters. The van der Waals surface area contributed by atoms with E-state index in [0.29, 0.717) is 30.5 Å². The lowest BCUT2D eigenvalue weighted by Gasteiger charge is -2.31. The second kappa shape index (κ2) is 8.30. The van der Waals surface area contributed by atoms with Gasteiger partial charge in [0.05, 0.1) is 13.0 Å². The van der Waals surface area contributed by atoms with Crippen LogP contribution < -0.4 is 10.1 Å². The van der Waals surface area contributed by atoms with Crippen molar-refractivity contribution in [2.45, 2.75) is 18.8 Å². The standard InChI is InChI=1S/C21H21FN4O3/c1-28-18-6-2-4-14(12-18)19-24-20(29-25-19)15-5-3-11-26(13-15)21(27)23-17-9-7-16(22)8-10-17/h2,4,6-10,12,15H,3,5,11,13H2,1H3,(H,23,27)/t15-/m0/s1. The third-order valence-corrected chi connectivity index (χ3v) is 4.92. The van der Waals surface area contributed by atoms with E-state index < -0.39 is 0 Å². The SMILES string of the molecule is COc1cccc(-c2noc([C@H]3CCCN(C(=O)Nc4ccc(F)cc4)C3)n2)c1. The third-order valence-electron chi connectivity index (χ3n) is 4.92. The maximum Gasteiger partial charge on any atom is 0.321 e. The van der Waals surface area contributed by atoms with Gasteiger partial charge in [-0.3, -0.25) is 0 Å². The minimum absolute atomic E-state index is 0.0328.